The van der Waals surface area contributed by atoms with E-state index in [9.17, 15) is 8.42 Å². The smallest absolute Gasteiger partial charge is 0.242 e. The van der Waals surface area contributed by atoms with Gasteiger partial charge in [0.15, 0.2) is 0 Å². The lowest BCUT2D eigenvalue weighted by atomic mass is 10.2. The van der Waals surface area contributed by atoms with Gasteiger partial charge in [-0.15, -0.1) is 11.3 Å². The van der Waals surface area contributed by atoms with E-state index in [0.29, 0.717) is 21.8 Å². The molecule has 2 rings (SSSR count). The molecule has 0 aliphatic rings. The fraction of sp³-hybridized carbons (Fsp3) is 0.364. The molecule has 2 aromatic rings. The van der Waals surface area contributed by atoms with E-state index >= 15 is 0 Å². The molecule has 20 heavy (non-hydrogen) atoms. The van der Waals surface area contributed by atoms with E-state index in [0.717, 1.165) is 10.4 Å². The van der Waals surface area contributed by atoms with Crippen molar-refractivity contribution >= 4 is 37.3 Å². The number of halogens is 1. The number of thiophene rings is 1. The number of nitrogens with zero attached hydrogens (tertiary/aromatic N) is 1. The maximum absolute atomic E-state index is 12.3. The second kappa shape index (κ2) is 5.94. The molecule has 0 unspecified atom stereocenters. The molecule has 0 aliphatic carbocycles. The van der Waals surface area contributed by atoms with Crippen molar-refractivity contribution in [2.45, 2.75) is 31.8 Å². The fourth-order valence-corrected chi connectivity index (χ4v) is 5.24. The molecule has 0 spiro atoms. The van der Waals surface area contributed by atoms with Crippen LogP contribution in [0, 0.1) is 13.8 Å². The highest BCUT2D eigenvalue weighted by Crippen LogP contribution is 2.31. The van der Waals surface area contributed by atoms with E-state index in [2.05, 4.69) is 25.8 Å². The third-order valence-electron chi connectivity index (χ3n) is 2.82. The molecule has 0 atom stereocenters. The molecule has 0 fully saturated rings. The van der Waals surface area contributed by atoms with Crippen LogP contribution in [-0.4, -0.2) is 13.6 Å². The summed E-state index contributed by atoms with van der Waals surface area (Å²) in [5.41, 5.74) is 6.95. The molecule has 3 N–H and O–H groups in total. The van der Waals surface area contributed by atoms with Crippen molar-refractivity contribution in [2.24, 2.45) is 5.73 Å². The van der Waals surface area contributed by atoms with Gasteiger partial charge in [0.2, 0.25) is 10.0 Å². The van der Waals surface area contributed by atoms with Gasteiger partial charge in [-0.05, 0) is 35.8 Å². The van der Waals surface area contributed by atoms with E-state index in [1.165, 1.54) is 11.3 Å². The number of nitrogens with one attached hydrogen (secondary N) is 1. The van der Waals surface area contributed by atoms with Crippen LogP contribution in [0.25, 0.3) is 0 Å². The Kier molecular flexibility index (Phi) is 4.65. The molecule has 0 radical (unpaired) electrons. The van der Waals surface area contributed by atoms with Crippen LogP contribution in [0.5, 0.6) is 0 Å². The number of rotatable bonds is 5. The van der Waals surface area contributed by atoms with Crippen LogP contribution >= 0.6 is 27.3 Å². The Balaban J connectivity index is 2.21. The monoisotopic (exact) mass is 379 g/mol. The minimum atomic E-state index is -3.60. The number of sulfonamides is 1. The summed E-state index contributed by atoms with van der Waals surface area (Å²) in [4.78, 5) is 1.00. The third kappa shape index (κ3) is 3.12. The number of hydrogen-bond donors (Lipinski definition) is 2. The van der Waals surface area contributed by atoms with Gasteiger partial charge in [0, 0.05) is 23.5 Å². The molecular formula is C11H14BrN3O3S2. The molecule has 0 bridgehead atoms. The Bertz CT molecular complexity index is 702. The summed E-state index contributed by atoms with van der Waals surface area (Å²) >= 11 is 4.57. The summed E-state index contributed by atoms with van der Waals surface area (Å²) in [6.45, 7) is 3.97. The van der Waals surface area contributed by atoms with Crippen molar-refractivity contribution in [1.29, 1.82) is 0 Å². The van der Waals surface area contributed by atoms with Crippen molar-refractivity contribution in [3.05, 3.63) is 31.7 Å². The van der Waals surface area contributed by atoms with Gasteiger partial charge in [-0.2, -0.15) is 0 Å². The molecule has 2 aromatic heterocycles. The Morgan fingerprint density at radius 2 is 2.20 bits per heavy atom. The first-order chi connectivity index (χ1) is 9.35. The quantitative estimate of drug-likeness (QED) is 0.827. The van der Waals surface area contributed by atoms with Crippen molar-refractivity contribution < 1.29 is 12.9 Å². The average Bonchev–Trinajstić information content (AvgIpc) is 2.92. The summed E-state index contributed by atoms with van der Waals surface area (Å²) in [6, 6.07) is 1.57. The first-order valence-corrected chi connectivity index (χ1v) is 8.84. The fourth-order valence-electron chi connectivity index (χ4n) is 1.68. The summed E-state index contributed by atoms with van der Waals surface area (Å²) in [6.07, 6.45) is 0. The molecule has 0 aliphatic heterocycles. The van der Waals surface area contributed by atoms with Gasteiger partial charge in [0.1, 0.15) is 10.7 Å². The molecule has 6 nitrogen and oxygen atoms in total. The molecule has 110 valence electrons. The molecule has 9 heteroatoms. The molecular weight excluding hydrogens is 366 g/mol. The maximum atomic E-state index is 12.3. The van der Waals surface area contributed by atoms with Gasteiger partial charge in [0.25, 0.3) is 0 Å². The van der Waals surface area contributed by atoms with Crippen LogP contribution in [0.15, 0.2) is 19.3 Å². The van der Waals surface area contributed by atoms with Crippen molar-refractivity contribution in [1.82, 2.24) is 9.88 Å². The summed E-state index contributed by atoms with van der Waals surface area (Å²) in [5.74, 6) is 0.609. The average molecular weight is 380 g/mol. The highest BCUT2D eigenvalue weighted by atomic mass is 79.9. The van der Waals surface area contributed by atoms with Crippen LogP contribution in [0.2, 0.25) is 0 Å². The summed E-state index contributed by atoms with van der Waals surface area (Å²) in [7, 11) is -3.60. The Morgan fingerprint density at radius 3 is 2.70 bits per heavy atom. The Morgan fingerprint density at radius 1 is 1.50 bits per heavy atom. The van der Waals surface area contributed by atoms with Crippen LogP contribution in [0.3, 0.4) is 0 Å². The van der Waals surface area contributed by atoms with Crippen molar-refractivity contribution in [3.8, 4) is 0 Å². The predicted octanol–water partition coefficient (Wildman–Crippen LogP) is 2.05. The highest BCUT2D eigenvalue weighted by molar-refractivity contribution is 9.11. The van der Waals surface area contributed by atoms with Gasteiger partial charge in [0.05, 0.1) is 9.48 Å². The van der Waals surface area contributed by atoms with E-state index in [1.54, 1.807) is 19.9 Å². The molecule has 0 saturated carbocycles. The van der Waals surface area contributed by atoms with E-state index in [-0.39, 0.29) is 11.4 Å². The van der Waals surface area contributed by atoms with Gasteiger partial charge in [-0.1, -0.05) is 5.16 Å². The largest absolute Gasteiger partial charge is 0.361 e. The van der Waals surface area contributed by atoms with Crippen molar-refractivity contribution in [3.63, 3.8) is 0 Å². The number of hydrogen-bond acceptors (Lipinski definition) is 6. The zero-order valence-corrected chi connectivity index (χ0v) is 14.2. The van der Waals surface area contributed by atoms with Gasteiger partial charge in [-0.3, -0.25) is 0 Å². The summed E-state index contributed by atoms with van der Waals surface area (Å²) < 4.78 is 32.6. The van der Waals surface area contributed by atoms with Gasteiger partial charge in [-0.25, -0.2) is 13.1 Å². The van der Waals surface area contributed by atoms with Crippen LogP contribution in [-0.2, 0) is 23.1 Å². The molecule has 0 amide bonds. The highest BCUT2D eigenvalue weighted by Gasteiger charge is 2.21. The minimum absolute atomic E-state index is 0.143. The second-order valence-corrected chi connectivity index (χ2v) is 8.37. The topological polar surface area (TPSA) is 98.2 Å². The predicted molar refractivity (Wildman–Crippen MR) is 79.9 cm³/mol. The standard InChI is InChI=1S/C11H14BrN3O3S2/c1-6-9(7(2)18-15-6)5-14-20(16,17)10-3-8(4-13)19-11(10)12/h3,14H,4-5,13H2,1-2H3. The van der Waals surface area contributed by atoms with Crippen LogP contribution in [0.4, 0.5) is 0 Å². The summed E-state index contributed by atoms with van der Waals surface area (Å²) in [5, 5.41) is 3.79. The lowest BCUT2D eigenvalue weighted by molar-refractivity contribution is 0.392. The van der Waals surface area contributed by atoms with E-state index in [1.807, 2.05) is 0 Å². The minimum Gasteiger partial charge on any atom is -0.361 e. The van der Waals surface area contributed by atoms with E-state index < -0.39 is 10.0 Å². The normalized spacial score (nSPS) is 12.0. The SMILES string of the molecule is Cc1noc(C)c1CNS(=O)(=O)c1cc(CN)sc1Br. The molecule has 0 saturated heterocycles. The lowest BCUT2D eigenvalue weighted by Gasteiger charge is -2.05. The number of nitrogens with two attached hydrogens (primary N) is 1. The zero-order chi connectivity index (χ0) is 14.9. The van der Waals surface area contributed by atoms with Gasteiger partial charge < -0.3 is 10.3 Å². The Labute approximate surface area is 129 Å². The molecule has 0 aromatic carbocycles. The second-order valence-electron chi connectivity index (χ2n) is 4.18. The zero-order valence-electron chi connectivity index (χ0n) is 10.9. The number of aryl methyl sites for hydroxylation is 2. The van der Waals surface area contributed by atoms with Crippen molar-refractivity contribution in [2.75, 3.05) is 0 Å². The van der Waals surface area contributed by atoms with Gasteiger partial charge >= 0.3 is 0 Å². The van der Waals surface area contributed by atoms with E-state index in [4.69, 9.17) is 10.3 Å². The lowest BCUT2D eigenvalue weighted by Crippen LogP contribution is -2.23. The van der Waals surface area contributed by atoms with Crippen LogP contribution < -0.4 is 10.5 Å². The first-order valence-electron chi connectivity index (χ1n) is 5.75. The third-order valence-corrected chi connectivity index (χ3v) is 6.49. The van der Waals surface area contributed by atoms with Crippen LogP contribution in [0.1, 0.15) is 21.9 Å². The number of aromatic nitrogens is 1. The molecule has 2 heterocycles. The maximum Gasteiger partial charge on any atom is 0.242 e. The first kappa shape index (κ1) is 15.6. The Hall–Kier alpha value is -0.740.